The molecule has 0 aliphatic carbocycles. The fourth-order valence-corrected chi connectivity index (χ4v) is 3.47. The second kappa shape index (κ2) is 5.98. The highest BCUT2D eigenvalue weighted by atomic mass is 32.2. The van der Waals surface area contributed by atoms with E-state index in [1.165, 1.54) is 6.20 Å². The number of hydrogen-bond acceptors (Lipinski definition) is 4. The maximum atomic E-state index is 12.1. The van der Waals surface area contributed by atoms with Gasteiger partial charge in [0.25, 0.3) is 0 Å². The van der Waals surface area contributed by atoms with Gasteiger partial charge in [0, 0.05) is 31.5 Å². The van der Waals surface area contributed by atoms with Crippen molar-refractivity contribution in [3.8, 4) is 0 Å². The van der Waals surface area contributed by atoms with Crippen molar-refractivity contribution < 1.29 is 13.2 Å². The summed E-state index contributed by atoms with van der Waals surface area (Å²) in [5.41, 5.74) is 0. The maximum absolute atomic E-state index is 12.1. The Kier molecular flexibility index (Phi) is 4.54. The van der Waals surface area contributed by atoms with Gasteiger partial charge in [0.15, 0.2) is 0 Å². The van der Waals surface area contributed by atoms with E-state index in [1.54, 1.807) is 18.3 Å². The first-order valence-corrected chi connectivity index (χ1v) is 8.00. The van der Waals surface area contributed by atoms with Gasteiger partial charge in [-0.05, 0) is 24.5 Å². The molecule has 2 rings (SSSR count). The highest BCUT2D eigenvalue weighted by Gasteiger charge is 2.31. The minimum Gasteiger partial charge on any atom is -0.378 e. The quantitative estimate of drug-likeness (QED) is 0.888. The van der Waals surface area contributed by atoms with E-state index in [0.29, 0.717) is 19.1 Å². The zero-order valence-electron chi connectivity index (χ0n) is 11.2. The molecule has 6 heteroatoms. The first kappa shape index (κ1) is 14.4. The number of hydrogen-bond donors (Lipinski definition) is 1. The first-order chi connectivity index (χ1) is 9.00. The lowest BCUT2D eigenvalue weighted by Crippen LogP contribution is -2.34. The Labute approximate surface area is 114 Å². The number of rotatable bonds is 5. The van der Waals surface area contributed by atoms with Crippen molar-refractivity contribution in [2.45, 2.75) is 31.3 Å². The number of sulfonamides is 1. The summed E-state index contributed by atoms with van der Waals surface area (Å²) in [5, 5.41) is 0. The smallest absolute Gasteiger partial charge is 0.242 e. The van der Waals surface area contributed by atoms with Crippen molar-refractivity contribution in [3.05, 3.63) is 24.5 Å². The van der Waals surface area contributed by atoms with Gasteiger partial charge in [0.05, 0.1) is 6.10 Å². The van der Waals surface area contributed by atoms with Gasteiger partial charge in [-0.15, -0.1) is 0 Å². The van der Waals surface area contributed by atoms with Gasteiger partial charge >= 0.3 is 0 Å². The van der Waals surface area contributed by atoms with E-state index in [-0.39, 0.29) is 16.9 Å². The number of nitrogens with zero attached hydrogens (tertiary/aromatic N) is 1. The van der Waals surface area contributed by atoms with Crippen LogP contribution in [0.4, 0.5) is 0 Å². The zero-order valence-corrected chi connectivity index (χ0v) is 12.1. The predicted molar refractivity (Wildman–Crippen MR) is 72.1 cm³/mol. The van der Waals surface area contributed by atoms with Crippen LogP contribution in [0, 0.1) is 11.8 Å². The summed E-state index contributed by atoms with van der Waals surface area (Å²) in [5.74, 6) is 0.641. The molecule has 0 bridgehead atoms. The third-order valence-electron chi connectivity index (χ3n) is 3.40. The average molecular weight is 284 g/mol. The lowest BCUT2D eigenvalue weighted by Gasteiger charge is -2.22. The molecular weight excluding hydrogens is 264 g/mol. The van der Waals surface area contributed by atoms with E-state index in [4.69, 9.17) is 4.74 Å². The summed E-state index contributed by atoms with van der Waals surface area (Å²) in [6.07, 6.45) is 3.95. The van der Waals surface area contributed by atoms with Crippen LogP contribution in [0.15, 0.2) is 29.4 Å². The van der Waals surface area contributed by atoms with Gasteiger partial charge in [0.2, 0.25) is 10.0 Å². The van der Waals surface area contributed by atoms with Crippen molar-refractivity contribution in [1.29, 1.82) is 0 Å². The fraction of sp³-hybridized carbons (Fsp3) is 0.615. The lowest BCUT2D eigenvalue weighted by molar-refractivity contribution is 0.0551. The summed E-state index contributed by atoms with van der Waals surface area (Å²) in [6.45, 7) is 5.32. The molecule has 0 unspecified atom stereocenters. The standard InChI is InChI=1S/C13H20N2O3S/c1-10(2)13-11(5-7-18-13)8-15-19(16,17)12-4-3-6-14-9-12/h3-4,6,9-11,13,15H,5,7-8H2,1-2H3/t11-,13-/m0/s1. The third-order valence-corrected chi connectivity index (χ3v) is 4.81. The van der Waals surface area contributed by atoms with Crippen LogP contribution in [0.25, 0.3) is 0 Å². The van der Waals surface area contributed by atoms with E-state index >= 15 is 0 Å². The predicted octanol–water partition coefficient (Wildman–Crippen LogP) is 1.42. The third kappa shape index (κ3) is 3.52. The molecule has 0 spiro atoms. The number of nitrogens with one attached hydrogen (secondary N) is 1. The van der Waals surface area contributed by atoms with E-state index in [0.717, 1.165) is 6.42 Å². The molecule has 0 amide bonds. The Hall–Kier alpha value is -0.980. The molecule has 2 atom stereocenters. The molecule has 1 N–H and O–H groups in total. The van der Waals surface area contributed by atoms with E-state index in [1.807, 2.05) is 0 Å². The molecule has 0 radical (unpaired) electrons. The Bertz CT molecular complexity index is 502. The molecule has 1 aliphatic heterocycles. The van der Waals surface area contributed by atoms with Crippen LogP contribution < -0.4 is 4.72 Å². The molecule has 1 aromatic rings. The summed E-state index contributed by atoms with van der Waals surface area (Å²) in [7, 11) is -3.46. The van der Waals surface area contributed by atoms with E-state index < -0.39 is 10.0 Å². The van der Waals surface area contributed by atoms with Crippen LogP contribution in [0.1, 0.15) is 20.3 Å². The largest absolute Gasteiger partial charge is 0.378 e. The Balaban J connectivity index is 1.99. The lowest BCUT2D eigenvalue weighted by atomic mass is 9.93. The fourth-order valence-electron chi connectivity index (χ4n) is 2.42. The highest BCUT2D eigenvalue weighted by molar-refractivity contribution is 7.89. The van der Waals surface area contributed by atoms with Crippen molar-refractivity contribution in [2.24, 2.45) is 11.8 Å². The summed E-state index contributed by atoms with van der Waals surface area (Å²) < 4.78 is 32.5. The molecule has 19 heavy (non-hydrogen) atoms. The molecule has 2 heterocycles. The van der Waals surface area contributed by atoms with Gasteiger partial charge in [-0.3, -0.25) is 4.98 Å². The molecular formula is C13H20N2O3S. The van der Waals surface area contributed by atoms with Crippen LogP contribution in [-0.4, -0.2) is 32.7 Å². The van der Waals surface area contributed by atoms with Gasteiger partial charge < -0.3 is 4.74 Å². The van der Waals surface area contributed by atoms with Gasteiger partial charge in [-0.25, -0.2) is 13.1 Å². The van der Waals surface area contributed by atoms with E-state index in [2.05, 4.69) is 23.6 Å². The van der Waals surface area contributed by atoms with Crippen LogP contribution in [-0.2, 0) is 14.8 Å². The minimum atomic E-state index is -3.46. The topological polar surface area (TPSA) is 68.3 Å². The molecule has 1 aromatic heterocycles. The molecule has 0 saturated carbocycles. The highest BCUT2D eigenvalue weighted by Crippen LogP contribution is 2.26. The van der Waals surface area contributed by atoms with Crippen molar-refractivity contribution in [3.63, 3.8) is 0 Å². The second-order valence-corrected chi connectivity index (χ2v) is 6.94. The number of aromatic nitrogens is 1. The summed E-state index contributed by atoms with van der Waals surface area (Å²) in [4.78, 5) is 4.03. The van der Waals surface area contributed by atoms with Crippen LogP contribution in [0.2, 0.25) is 0 Å². The van der Waals surface area contributed by atoms with Gasteiger partial charge in [-0.2, -0.15) is 0 Å². The van der Waals surface area contributed by atoms with Crippen molar-refractivity contribution in [2.75, 3.05) is 13.2 Å². The molecule has 5 nitrogen and oxygen atoms in total. The molecule has 0 aromatic carbocycles. The Morgan fingerprint density at radius 3 is 2.95 bits per heavy atom. The minimum absolute atomic E-state index is 0.136. The normalized spacial score (nSPS) is 23.9. The molecule has 1 aliphatic rings. The Morgan fingerprint density at radius 1 is 1.53 bits per heavy atom. The monoisotopic (exact) mass is 284 g/mol. The van der Waals surface area contributed by atoms with Crippen LogP contribution >= 0.6 is 0 Å². The second-order valence-electron chi connectivity index (χ2n) is 5.17. The molecule has 1 saturated heterocycles. The van der Waals surface area contributed by atoms with Crippen molar-refractivity contribution >= 4 is 10.0 Å². The SMILES string of the molecule is CC(C)[C@@H]1OCC[C@H]1CNS(=O)(=O)c1cccnc1. The number of pyridine rings is 1. The zero-order chi connectivity index (χ0) is 13.9. The summed E-state index contributed by atoms with van der Waals surface area (Å²) >= 11 is 0. The maximum Gasteiger partial charge on any atom is 0.242 e. The Morgan fingerprint density at radius 2 is 2.32 bits per heavy atom. The molecule has 106 valence electrons. The average Bonchev–Trinajstić information content (AvgIpc) is 2.86. The first-order valence-electron chi connectivity index (χ1n) is 6.52. The summed E-state index contributed by atoms with van der Waals surface area (Å²) in [6, 6.07) is 3.16. The van der Waals surface area contributed by atoms with E-state index in [9.17, 15) is 8.42 Å². The van der Waals surface area contributed by atoms with Crippen LogP contribution in [0.5, 0.6) is 0 Å². The van der Waals surface area contributed by atoms with Crippen LogP contribution in [0.3, 0.4) is 0 Å². The number of ether oxygens (including phenoxy) is 1. The molecule has 1 fully saturated rings. The van der Waals surface area contributed by atoms with Crippen molar-refractivity contribution in [1.82, 2.24) is 9.71 Å². The van der Waals surface area contributed by atoms with Gasteiger partial charge in [-0.1, -0.05) is 13.8 Å². The van der Waals surface area contributed by atoms with Gasteiger partial charge in [0.1, 0.15) is 4.90 Å².